The first-order chi connectivity index (χ1) is 5.62. The summed E-state index contributed by atoms with van der Waals surface area (Å²) in [5.74, 6) is 0.996. The smallest absolute Gasteiger partial charge is 0.303 e. The zero-order valence-corrected chi connectivity index (χ0v) is 7.55. The Morgan fingerprint density at radius 2 is 2.42 bits per heavy atom. The highest BCUT2D eigenvalue weighted by Gasteiger charge is 2.52. The lowest BCUT2D eigenvalue weighted by Gasteiger charge is -2.31. The number of carbonyl (C=O) groups is 1. The van der Waals surface area contributed by atoms with Crippen LogP contribution in [0.1, 0.15) is 39.0 Å². The molecular formula is C10H16O2. The van der Waals surface area contributed by atoms with Crippen LogP contribution in [0.4, 0.5) is 0 Å². The van der Waals surface area contributed by atoms with Crippen LogP contribution in [0.15, 0.2) is 0 Å². The molecule has 68 valence electrons. The molecule has 1 N–H and O–H groups in total. The van der Waals surface area contributed by atoms with E-state index in [4.69, 9.17) is 5.11 Å². The van der Waals surface area contributed by atoms with Crippen LogP contribution in [0, 0.1) is 17.3 Å². The van der Waals surface area contributed by atoms with E-state index in [-0.39, 0.29) is 5.41 Å². The highest BCUT2D eigenvalue weighted by atomic mass is 16.4. The minimum absolute atomic E-state index is 0.134. The Kier molecular flexibility index (Phi) is 1.67. The summed E-state index contributed by atoms with van der Waals surface area (Å²) in [5.41, 5.74) is 0.134. The second-order valence-electron chi connectivity index (χ2n) is 4.72. The van der Waals surface area contributed by atoms with Crippen molar-refractivity contribution in [2.45, 2.75) is 39.0 Å². The molecule has 2 rings (SSSR count). The molecular weight excluding hydrogens is 152 g/mol. The van der Waals surface area contributed by atoms with Gasteiger partial charge >= 0.3 is 5.97 Å². The van der Waals surface area contributed by atoms with Gasteiger partial charge in [-0.25, -0.2) is 0 Å². The molecule has 3 atom stereocenters. The van der Waals surface area contributed by atoms with Gasteiger partial charge in [-0.2, -0.15) is 0 Å². The van der Waals surface area contributed by atoms with Crippen molar-refractivity contribution in [3.8, 4) is 0 Å². The zero-order valence-electron chi connectivity index (χ0n) is 7.55. The number of fused-ring (bicyclic) bond motifs is 1. The van der Waals surface area contributed by atoms with Crippen LogP contribution in [0.2, 0.25) is 0 Å². The molecule has 0 spiro atoms. The maximum absolute atomic E-state index is 10.6. The van der Waals surface area contributed by atoms with Crippen molar-refractivity contribution in [2.75, 3.05) is 0 Å². The van der Waals surface area contributed by atoms with E-state index in [9.17, 15) is 4.79 Å². The third kappa shape index (κ3) is 1.23. The molecule has 0 amide bonds. The molecule has 0 heterocycles. The second kappa shape index (κ2) is 2.48. The van der Waals surface area contributed by atoms with Gasteiger partial charge in [-0.05, 0) is 30.1 Å². The first kappa shape index (κ1) is 8.09. The summed E-state index contributed by atoms with van der Waals surface area (Å²) >= 11 is 0. The second-order valence-corrected chi connectivity index (χ2v) is 4.72. The Labute approximate surface area is 73.0 Å². The quantitative estimate of drug-likeness (QED) is 0.686. The zero-order chi connectivity index (χ0) is 8.77. The molecule has 2 aliphatic carbocycles. The van der Waals surface area contributed by atoms with E-state index in [0.29, 0.717) is 6.42 Å². The van der Waals surface area contributed by atoms with Gasteiger partial charge < -0.3 is 5.11 Å². The largest absolute Gasteiger partial charge is 0.481 e. The summed E-state index contributed by atoms with van der Waals surface area (Å²) in [5, 5.41) is 8.77. The molecule has 0 radical (unpaired) electrons. The lowest BCUT2D eigenvalue weighted by Crippen LogP contribution is -2.26. The average Bonchev–Trinajstić information content (AvgIpc) is 2.64. The lowest BCUT2D eigenvalue weighted by atomic mass is 9.73. The van der Waals surface area contributed by atoms with Gasteiger partial charge in [-0.1, -0.05) is 19.8 Å². The molecule has 2 heteroatoms. The molecule has 2 fully saturated rings. The molecule has 2 saturated carbocycles. The molecule has 0 saturated heterocycles. The van der Waals surface area contributed by atoms with Crippen LogP contribution in [-0.2, 0) is 4.79 Å². The number of hydrogen-bond acceptors (Lipinski definition) is 1. The Hall–Kier alpha value is -0.530. The third-order valence-electron chi connectivity index (χ3n) is 3.70. The minimum Gasteiger partial charge on any atom is -0.481 e. The van der Waals surface area contributed by atoms with E-state index >= 15 is 0 Å². The van der Waals surface area contributed by atoms with Crippen LogP contribution in [0.5, 0.6) is 0 Å². The average molecular weight is 168 g/mol. The van der Waals surface area contributed by atoms with Crippen molar-refractivity contribution in [1.82, 2.24) is 0 Å². The predicted octanol–water partition coefficient (Wildman–Crippen LogP) is 2.29. The van der Waals surface area contributed by atoms with E-state index in [1.54, 1.807) is 0 Å². The van der Waals surface area contributed by atoms with Gasteiger partial charge in [0.1, 0.15) is 0 Å². The third-order valence-corrected chi connectivity index (χ3v) is 3.70. The fourth-order valence-electron chi connectivity index (χ4n) is 2.94. The number of aliphatic carboxylic acids is 1. The monoisotopic (exact) mass is 168 g/mol. The molecule has 0 aliphatic heterocycles. The topological polar surface area (TPSA) is 37.3 Å². The normalized spacial score (nSPS) is 45.1. The van der Waals surface area contributed by atoms with Crippen LogP contribution in [0.3, 0.4) is 0 Å². The van der Waals surface area contributed by atoms with E-state index in [0.717, 1.165) is 18.3 Å². The van der Waals surface area contributed by atoms with Crippen molar-refractivity contribution in [1.29, 1.82) is 0 Å². The molecule has 0 aromatic heterocycles. The Balaban J connectivity index is 2.03. The lowest BCUT2D eigenvalue weighted by molar-refractivity contribution is -0.140. The van der Waals surface area contributed by atoms with Gasteiger partial charge in [0.15, 0.2) is 0 Å². The molecule has 0 bridgehead atoms. The predicted molar refractivity (Wildman–Crippen MR) is 45.8 cm³/mol. The van der Waals surface area contributed by atoms with Gasteiger partial charge in [-0.15, -0.1) is 0 Å². The molecule has 3 unspecified atom stereocenters. The number of hydrogen-bond donors (Lipinski definition) is 1. The van der Waals surface area contributed by atoms with Crippen LogP contribution >= 0.6 is 0 Å². The van der Waals surface area contributed by atoms with E-state index < -0.39 is 5.97 Å². The van der Waals surface area contributed by atoms with E-state index in [1.807, 2.05) is 0 Å². The van der Waals surface area contributed by atoms with Gasteiger partial charge in [0.25, 0.3) is 0 Å². The Bertz CT molecular complexity index is 212. The molecule has 2 nitrogen and oxygen atoms in total. The van der Waals surface area contributed by atoms with Gasteiger partial charge in [-0.3, -0.25) is 4.79 Å². The highest BCUT2D eigenvalue weighted by Crippen LogP contribution is 2.60. The van der Waals surface area contributed by atoms with Gasteiger partial charge in [0.05, 0.1) is 6.42 Å². The summed E-state index contributed by atoms with van der Waals surface area (Å²) in [6, 6.07) is 0. The maximum atomic E-state index is 10.6. The summed E-state index contributed by atoms with van der Waals surface area (Å²) < 4.78 is 0. The van der Waals surface area contributed by atoms with Crippen LogP contribution in [-0.4, -0.2) is 11.1 Å². The molecule has 0 aromatic carbocycles. The van der Waals surface area contributed by atoms with Crippen molar-refractivity contribution in [2.24, 2.45) is 17.3 Å². The highest BCUT2D eigenvalue weighted by molar-refractivity contribution is 5.67. The fourth-order valence-corrected chi connectivity index (χ4v) is 2.94. The van der Waals surface area contributed by atoms with Crippen LogP contribution < -0.4 is 0 Å². The first-order valence-corrected chi connectivity index (χ1v) is 4.84. The maximum Gasteiger partial charge on any atom is 0.303 e. The minimum atomic E-state index is -0.620. The van der Waals surface area contributed by atoms with Crippen molar-refractivity contribution in [3.05, 3.63) is 0 Å². The summed E-state index contributed by atoms with van der Waals surface area (Å²) in [6.45, 7) is 2.16. The van der Waals surface area contributed by atoms with Gasteiger partial charge in [0, 0.05) is 0 Å². The van der Waals surface area contributed by atoms with Crippen LogP contribution in [0.25, 0.3) is 0 Å². The summed E-state index contributed by atoms with van der Waals surface area (Å²) in [4.78, 5) is 10.6. The van der Waals surface area contributed by atoms with Gasteiger partial charge in [0.2, 0.25) is 0 Å². The fraction of sp³-hybridized carbons (Fsp3) is 0.900. The first-order valence-electron chi connectivity index (χ1n) is 4.84. The summed E-state index contributed by atoms with van der Waals surface area (Å²) in [6.07, 6.45) is 5.39. The molecule has 2 aliphatic rings. The summed E-state index contributed by atoms with van der Waals surface area (Å²) in [7, 11) is 0. The van der Waals surface area contributed by atoms with Crippen molar-refractivity contribution >= 4 is 5.97 Å². The van der Waals surface area contributed by atoms with Crippen molar-refractivity contribution < 1.29 is 9.90 Å². The molecule has 12 heavy (non-hydrogen) atoms. The Morgan fingerprint density at radius 1 is 1.67 bits per heavy atom. The molecule has 0 aromatic rings. The number of rotatable bonds is 2. The number of carboxylic acids is 1. The Morgan fingerprint density at radius 3 is 3.08 bits per heavy atom. The number of carboxylic acid groups (broad SMARTS) is 1. The van der Waals surface area contributed by atoms with Crippen molar-refractivity contribution in [3.63, 3.8) is 0 Å². The standard InChI is InChI=1S/C10H16O2/c1-10(6-9(11)12)4-2-3-7-5-8(7)10/h7-8H,2-6H2,1H3,(H,11,12). The van der Waals surface area contributed by atoms with E-state index in [2.05, 4.69) is 6.92 Å². The SMILES string of the molecule is CC1(CC(=O)O)CCCC2CC21. The van der Waals surface area contributed by atoms with E-state index in [1.165, 1.54) is 19.3 Å².